The quantitative estimate of drug-likeness (QED) is 0.594. The van der Waals surface area contributed by atoms with Crippen molar-refractivity contribution in [3.8, 4) is 0 Å². The largest absolute Gasteiger partial charge is 0.513 e. The van der Waals surface area contributed by atoms with Crippen LogP contribution >= 0.6 is 0 Å². The zero-order valence-electron chi connectivity index (χ0n) is 13.2. The number of aliphatic hydroxyl groups excluding tert-OH is 1. The van der Waals surface area contributed by atoms with Crippen LogP contribution in [0.3, 0.4) is 0 Å². The Hall–Kier alpha value is -1.72. The lowest BCUT2D eigenvalue weighted by molar-refractivity contribution is -0.145. The molecule has 0 aliphatic carbocycles. The standard InChI is InChI=1S/C15H23NO5/c1-8(17)11-9-6-7-10(12(11)13(18)20-5)16(9)14(19)21-15(2,3)4/h9-10,12,17H,6-7H2,1-5H3/b11-8+/t9-,10+,12+/m0/s1. The number of carbonyl (C=O) groups is 2. The van der Waals surface area contributed by atoms with Crippen molar-refractivity contribution in [3.63, 3.8) is 0 Å². The highest BCUT2D eigenvalue weighted by molar-refractivity contribution is 5.82. The van der Waals surface area contributed by atoms with Gasteiger partial charge in [-0.3, -0.25) is 9.69 Å². The maximum Gasteiger partial charge on any atom is 0.411 e. The second-order valence-electron chi connectivity index (χ2n) is 6.59. The van der Waals surface area contributed by atoms with Crippen molar-refractivity contribution in [2.24, 2.45) is 5.92 Å². The van der Waals surface area contributed by atoms with Crippen molar-refractivity contribution in [2.75, 3.05) is 7.11 Å². The molecule has 21 heavy (non-hydrogen) atoms. The first-order valence-corrected chi connectivity index (χ1v) is 7.16. The minimum Gasteiger partial charge on any atom is -0.513 e. The van der Waals surface area contributed by atoms with E-state index in [2.05, 4.69) is 0 Å². The molecular weight excluding hydrogens is 274 g/mol. The van der Waals surface area contributed by atoms with Gasteiger partial charge in [-0.15, -0.1) is 0 Å². The molecule has 0 spiro atoms. The summed E-state index contributed by atoms with van der Waals surface area (Å²) in [6, 6.07) is -0.576. The number of esters is 1. The van der Waals surface area contributed by atoms with Crippen molar-refractivity contribution in [1.29, 1.82) is 0 Å². The van der Waals surface area contributed by atoms with E-state index in [1.54, 1.807) is 32.6 Å². The summed E-state index contributed by atoms with van der Waals surface area (Å²) < 4.78 is 10.3. The number of rotatable bonds is 1. The van der Waals surface area contributed by atoms with Gasteiger partial charge >= 0.3 is 12.1 Å². The van der Waals surface area contributed by atoms with Gasteiger partial charge < -0.3 is 14.6 Å². The molecule has 118 valence electrons. The Kier molecular flexibility index (Phi) is 3.91. The molecule has 2 aliphatic heterocycles. The summed E-state index contributed by atoms with van der Waals surface area (Å²) in [4.78, 5) is 26.0. The van der Waals surface area contributed by atoms with E-state index in [0.717, 1.165) is 6.42 Å². The molecule has 2 aliphatic rings. The van der Waals surface area contributed by atoms with E-state index in [9.17, 15) is 14.7 Å². The van der Waals surface area contributed by atoms with Crippen LogP contribution < -0.4 is 0 Å². The third kappa shape index (κ3) is 2.71. The predicted octanol–water partition coefficient (Wildman–Crippen LogP) is 2.39. The molecule has 0 aromatic carbocycles. The lowest BCUT2D eigenvalue weighted by Crippen LogP contribution is -2.41. The Morgan fingerprint density at radius 2 is 1.90 bits per heavy atom. The molecule has 2 rings (SSSR count). The van der Waals surface area contributed by atoms with Gasteiger partial charge in [-0.05, 0) is 40.5 Å². The van der Waals surface area contributed by atoms with Crippen LogP contribution in [0.15, 0.2) is 11.3 Å². The highest BCUT2D eigenvalue weighted by Gasteiger charge is 2.57. The molecule has 1 N–H and O–H groups in total. The number of hydrogen-bond acceptors (Lipinski definition) is 5. The maximum atomic E-state index is 12.4. The molecule has 2 fully saturated rings. The highest BCUT2D eigenvalue weighted by atomic mass is 16.6. The van der Waals surface area contributed by atoms with Crippen LogP contribution in [0, 0.1) is 5.92 Å². The molecule has 2 heterocycles. The Labute approximate surface area is 124 Å². The summed E-state index contributed by atoms with van der Waals surface area (Å²) in [6.07, 6.45) is 0.991. The van der Waals surface area contributed by atoms with Crippen molar-refractivity contribution in [2.45, 2.75) is 58.2 Å². The molecule has 0 radical (unpaired) electrons. The Morgan fingerprint density at radius 3 is 2.38 bits per heavy atom. The number of aliphatic hydroxyl groups is 1. The van der Waals surface area contributed by atoms with Gasteiger partial charge in [-0.2, -0.15) is 0 Å². The number of carbonyl (C=O) groups excluding carboxylic acids is 2. The molecule has 6 heteroatoms. The number of hydrogen-bond donors (Lipinski definition) is 1. The van der Waals surface area contributed by atoms with Gasteiger partial charge in [0, 0.05) is 5.57 Å². The summed E-state index contributed by atoms with van der Waals surface area (Å²) >= 11 is 0. The summed E-state index contributed by atoms with van der Waals surface area (Å²) in [6.45, 7) is 6.94. The van der Waals surface area contributed by atoms with Gasteiger partial charge in [0.15, 0.2) is 0 Å². The van der Waals surface area contributed by atoms with E-state index < -0.39 is 23.6 Å². The fourth-order valence-electron chi connectivity index (χ4n) is 3.34. The summed E-state index contributed by atoms with van der Waals surface area (Å²) in [5.41, 5.74) is -0.0122. The Morgan fingerprint density at radius 1 is 1.29 bits per heavy atom. The minimum absolute atomic E-state index is 0.0890. The topological polar surface area (TPSA) is 76.1 Å². The van der Waals surface area contributed by atoms with Gasteiger partial charge in [-0.1, -0.05) is 0 Å². The van der Waals surface area contributed by atoms with Crippen LogP contribution in [0.4, 0.5) is 4.79 Å². The van der Waals surface area contributed by atoms with Crippen LogP contribution in [0.5, 0.6) is 0 Å². The number of ether oxygens (including phenoxy) is 2. The third-order valence-corrected chi connectivity index (χ3v) is 3.98. The molecule has 0 aromatic heterocycles. The molecule has 0 aromatic rings. The second-order valence-corrected chi connectivity index (χ2v) is 6.59. The van der Waals surface area contributed by atoms with Crippen LogP contribution in [-0.4, -0.2) is 46.9 Å². The first kappa shape index (κ1) is 15.7. The van der Waals surface area contributed by atoms with Crippen LogP contribution in [0.1, 0.15) is 40.5 Å². The zero-order chi connectivity index (χ0) is 15.9. The minimum atomic E-state index is -0.599. The van der Waals surface area contributed by atoms with Crippen molar-refractivity contribution < 1.29 is 24.2 Å². The number of fused-ring (bicyclic) bond motifs is 2. The summed E-state index contributed by atoms with van der Waals surface area (Å²) in [5, 5.41) is 9.91. The lowest BCUT2D eigenvalue weighted by atomic mass is 9.83. The monoisotopic (exact) mass is 297 g/mol. The molecule has 0 unspecified atom stereocenters. The predicted molar refractivity (Wildman–Crippen MR) is 75.7 cm³/mol. The van der Waals surface area contributed by atoms with Gasteiger partial charge in [0.25, 0.3) is 0 Å². The normalized spacial score (nSPS) is 30.3. The van der Waals surface area contributed by atoms with Crippen LogP contribution in [-0.2, 0) is 14.3 Å². The summed E-state index contributed by atoms with van der Waals surface area (Å²) in [7, 11) is 1.32. The van der Waals surface area contributed by atoms with E-state index in [4.69, 9.17) is 9.47 Å². The van der Waals surface area contributed by atoms with Crippen LogP contribution in [0.2, 0.25) is 0 Å². The smallest absolute Gasteiger partial charge is 0.411 e. The van der Waals surface area contributed by atoms with Gasteiger partial charge in [0.1, 0.15) is 11.5 Å². The van der Waals surface area contributed by atoms with Crippen molar-refractivity contribution >= 4 is 12.1 Å². The molecule has 2 saturated heterocycles. The summed E-state index contributed by atoms with van der Waals surface area (Å²) in [5.74, 6) is -0.920. The van der Waals surface area contributed by atoms with Crippen LogP contribution in [0.25, 0.3) is 0 Å². The average Bonchev–Trinajstić information content (AvgIpc) is 2.90. The second kappa shape index (κ2) is 5.24. The van der Waals surface area contributed by atoms with E-state index in [1.807, 2.05) is 0 Å². The number of methoxy groups -OCH3 is 1. The van der Waals surface area contributed by atoms with E-state index in [-0.39, 0.29) is 17.8 Å². The maximum absolute atomic E-state index is 12.4. The van der Waals surface area contributed by atoms with E-state index in [1.165, 1.54) is 7.11 Å². The lowest BCUT2D eigenvalue weighted by Gasteiger charge is -2.27. The fraction of sp³-hybridized carbons (Fsp3) is 0.733. The third-order valence-electron chi connectivity index (χ3n) is 3.98. The van der Waals surface area contributed by atoms with E-state index >= 15 is 0 Å². The van der Waals surface area contributed by atoms with Gasteiger partial charge in [0.2, 0.25) is 0 Å². The van der Waals surface area contributed by atoms with Gasteiger partial charge in [0.05, 0.1) is 25.0 Å². The number of nitrogens with zero attached hydrogens (tertiary/aromatic N) is 1. The van der Waals surface area contributed by atoms with E-state index in [0.29, 0.717) is 12.0 Å². The molecule has 2 bridgehead atoms. The average molecular weight is 297 g/mol. The zero-order valence-corrected chi connectivity index (χ0v) is 13.2. The fourth-order valence-corrected chi connectivity index (χ4v) is 3.34. The van der Waals surface area contributed by atoms with Crippen molar-refractivity contribution in [1.82, 2.24) is 4.90 Å². The molecule has 6 nitrogen and oxygen atoms in total. The number of allylic oxidation sites excluding steroid dienone is 1. The first-order chi connectivity index (χ1) is 9.67. The molecule has 3 atom stereocenters. The van der Waals surface area contributed by atoms with Crippen molar-refractivity contribution in [3.05, 3.63) is 11.3 Å². The molecule has 0 saturated carbocycles. The number of amides is 1. The van der Waals surface area contributed by atoms with Gasteiger partial charge in [-0.25, -0.2) is 4.79 Å². The Balaban J connectivity index is 2.33. The molecule has 1 amide bonds. The first-order valence-electron chi connectivity index (χ1n) is 7.16. The highest BCUT2D eigenvalue weighted by Crippen LogP contribution is 2.47. The SMILES string of the molecule is COC(=O)[C@H]1/C(=C(\C)O)[C@@H]2CC[C@H]1N2C(=O)OC(C)(C)C. The molecular formula is C15H23NO5. The Bertz CT molecular complexity index is 487.